The van der Waals surface area contributed by atoms with Gasteiger partial charge in [-0.25, -0.2) is 0 Å². The molecule has 6 heteroatoms. The zero-order chi connectivity index (χ0) is 23.2. The van der Waals surface area contributed by atoms with Crippen LogP contribution in [0.4, 0.5) is 0 Å². The van der Waals surface area contributed by atoms with Crippen molar-refractivity contribution in [3.63, 3.8) is 0 Å². The first-order chi connectivity index (χ1) is 15.5. The third-order valence-electron chi connectivity index (χ3n) is 6.18. The number of methoxy groups -OCH3 is 1. The van der Waals surface area contributed by atoms with E-state index in [2.05, 4.69) is 18.2 Å². The fourth-order valence-corrected chi connectivity index (χ4v) is 4.43. The number of amides is 1. The van der Waals surface area contributed by atoms with Crippen molar-refractivity contribution < 1.29 is 24.2 Å². The van der Waals surface area contributed by atoms with Crippen molar-refractivity contribution >= 4 is 11.9 Å². The fourth-order valence-electron chi connectivity index (χ4n) is 4.43. The Balaban J connectivity index is 1.68. The van der Waals surface area contributed by atoms with Gasteiger partial charge in [0, 0.05) is 32.5 Å². The van der Waals surface area contributed by atoms with Gasteiger partial charge in [0.15, 0.2) is 0 Å². The maximum absolute atomic E-state index is 12.3. The first kappa shape index (κ1) is 26.3. The number of aliphatic hydroxyl groups excluding tert-OH is 1. The van der Waals surface area contributed by atoms with Gasteiger partial charge in [-0.3, -0.25) is 9.59 Å². The molecule has 1 aliphatic heterocycles. The molecule has 1 amide bonds. The molecule has 1 N–H and O–H groups in total. The normalized spacial score (nSPS) is 17.0. The molecule has 1 fully saturated rings. The van der Waals surface area contributed by atoms with Crippen molar-refractivity contribution in [3.8, 4) is 0 Å². The summed E-state index contributed by atoms with van der Waals surface area (Å²) < 4.78 is 10.1. The number of rotatable bonds is 16. The number of benzene rings is 1. The Labute approximate surface area is 193 Å². The molecule has 6 nitrogen and oxygen atoms in total. The molecule has 2 atom stereocenters. The van der Waals surface area contributed by atoms with Gasteiger partial charge in [-0.05, 0) is 63.0 Å². The molecule has 0 spiro atoms. The van der Waals surface area contributed by atoms with Crippen LogP contribution < -0.4 is 0 Å². The van der Waals surface area contributed by atoms with E-state index in [0.717, 1.165) is 57.1 Å². The van der Waals surface area contributed by atoms with Gasteiger partial charge in [0.1, 0.15) is 0 Å². The molecule has 1 aromatic carbocycles. The highest BCUT2D eigenvalue weighted by Crippen LogP contribution is 2.24. The molecule has 0 saturated carbocycles. The van der Waals surface area contributed by atoms with Gasteiger partial charge in [-0.2, -0.15) is 0 Å². The molecule has 2 rings (SSSR count). The Hall–Kier alpha value is -1.92. The largest absolute Gasteiger partial charge is 0.466 e. The number of likely N-dealkylation sites (tertiary alicyclic amines) is 1. The van der Waals surface area contributed by atoms with E-state index < -0.39 is 6.10 Å². The van der Waals surface area contributed by atoms with Crippen LogP contribution in [0.25, 0.3) is 0 Å². The number of ether oxygens (including phenoxy) is 2. The quantitative estimate of drug-likeness (QED) is 0.305. The van der Waals surface area contributed by atoms with E-state index in [4.69, 9.17) is 9.47 Å². The van der Waals surface area contributed by atoms with E-state index in [9.17, 15) is 14.7 Å². The number of aliphatic hydroxyl groups is 1. The smallest absolute Gasteiger partial charge is 0.305 e. The van der Waals surface area contributed by atoms with E-state index >= 15 is 0 Å². The van der Waals surface area contributed by atoms with E-state index in [1.807, 2.05) is 17.9 Å². The summed E-state index contributed by atoms with van der Waals surface area (Å²) in [6, 6.07) is 8.58. The van der Waals surface area contributed by atoms with Crippen molar-refractivity contribution in [2.45, 2.75) is 89.7 Å². The molecule has 0 unspecified atom stereocenters. The van der Waals surface area contributed by atoms with Crippen molar-refractivity contribution in [1.29, 1.82) is 0 Å². The fraction of sp³-hybridized carbons (Fsp3) is 0.692. The Morgan fingerprint density at radius 1 is 1.22 bits per heavy atom. The third-order valence-corrected chi connectivity index (χ3v) is 6.18. The second-order valence-electron chi connectivity index (χ2n) is 8.75. The van der Waals surface area contributed by atoms with Crippen LogP contribution in [0.1, 0.15) is 75.8 Å². The molecule has 1 aromatic rings. The summed E-state index contributed by atoms with van der Waals surface area (Å²) in [5, 5.41) is 10.6. The average molecular weight is 448 g/mol. The van der Waals surface area contributed by atoms with Crippen molar-refractivity contribution in [2.75, 3.05) is 26.9 Å². The maximum atomic E-state index is 12.3. The van der Waals surface area contributed by atoms with Crippen LogP contribution in [0.5, 0.6) is 0 Å². The van der Waals surface area contributed by atoms with E-state index in [1.165, 1.54) is 5.56 Å². The number of carbonyl (C=O) groups excluding carboxylic acids is 2. The van der Waals surface area contributed by atoms with Crippen molar-refractivity contribution in [3.05, 3.63) is 35.4 Å². The number of hydrogen-bond donors (Lipinski definition) is 1. The van der Waals surface area contributed by atoms with Crippen LogP contribution in [0, 0.1) is 0 Å². The number of hydrogen-bond acceptors (Lipinski definition) is 5. The number of esters is 1. The molecule has 1 aliphatic rings. The monoisotopic (exact) mass is 447 g/mol. The van der Waals surface area contributed by atoms with E-state index in [1.54, 1.807) is 7.11 Å². The van der Waals surface area contributed by atoms with Crippen LogP contribution in [0.2, 0.25) is 0 Å². The summed E-state index contributed by atoms with van der Waals surface area (Å²) >= 11 is 0. The number of nitrogens with zero attached hydrogens (tertiary/aromatic N) is 1. The average Bonchev–Trinajstić information content (AvgIpc) is 3.13. The van der Waals surface area contributed by atoms with Crippen LogP contribution >= 0.6 is 0 Å². The highest BCUT2D eigenvalue weighted by Gasteiger charge is 2.30. The molecule has 0 aliphatic carbocycles. The Morgan fingerprint density at radius 2 is 2.00 bits per heavy atom. The molecular weight excluding hydrogens is 406 g/mol. The Bertz CT molecular complexity index is 693. The second kappa shape index (κ2) is 15.0. The lowest BCUT2D eigenvalue weighted by molar-refractivity contribution is -0.143. The molecular formula is C26H41NO5. The zero-order valence-electron chi connectivity index (χ0n) is 19.9. The highest BCUT2D eigenvalue weighted by molar-refractivity contribution is 5.78. The lowest BCUT2D eigenvalue weighted by Crippen LogP contribution is -2.34. The van der Waals surface area contributed by atoms with Gasteiger partial charge in [-0.1, -0.05) is 37.1 Å². The lowest BCUT2D eigenvalue weighted by Gasteiger charge is -2.26. The minimum Gasteiger partial charge on any atom is -0.466 e. The van der Waals surface area contributed by atoms with Crippen LogP contribution in [-0.2, 0) is 31.9 Å². The van der Waals surface area contributed by atoms with Gasteiger partial charge in [0.2, 0.25) is 5.91 Å². The number of carbonyl (C=O) groups is 2. The number of unbranched alkanes of at least 4 members (excludes halogenated alkanes) is 3. The van der Waals surface area contributed by atoms with Crippen molar-refractivity contribution in [2.24, 2.45) is 0 Å². The molecule has 1 saturated heterocycles. The zero-order valence-corrected chi connectivity index (χ0v) is 19.9. The predicted molar refractivity (Wildman–Crippen MR) is 125 cm³/mol. The summed E-state index contributed by atoms with van der Waals surface area (Å²) in [5.41, 5.74) is 2.37. The summed E-state index contributed by atoms with van der Waals surface area (Å²) in [5.74, 6) is 0.115. The van der Waals surface area contributed by atoms with Gasteiger partial charge >= 0.3 is 5.97 Å². The molecule has 0 radical (unpaired) electrons. The van der Waals surface area contributed by atoms with Gasteiger partial charge in [-0.15, -0.1) is 0 Å². The first-order valence-electron chi connectivity index (χ1n) is 12.2. The van der Waals surface area contributed by atoms with Gasteiger partial charge in [0.25, 0.3) is 0 Å². The third kappa shape index (κ3) is 9.70. The molecule has 32 heavy (non-hydrogen) atoms. The Kier molecular flexibility index (Phi) is 12.4. The topological polar surface area (TPSA) is 76.1 Å². The molecule has 180 valence electrons. The second-order valence-corrected chi connectivity index (χ2v) is 8.75. The minimum absolute atomic E-state index is 0.123. The molecule has 0 bridgehead atoms. The van der Waals surface area contributed by atoms with Gasteiger partial charge in [0.05, 0.1) is 19.3 Å². The van der Waals surface area contributed by atoms with Crippen LogP contribution in [0.3, 0.4) is 0 Å². The van der Waals surface area contributed by atoms with E-state index in [-0.39, 0.29) is 17.9 Å². The van der Waals surface area contributed by atoms with Crippen LogP contribution in [0.15, 0.2) is 24.3 Å². The lowest BCUT2D eigenvalue weighted by atomic mass is 9.99. The van der Waals surface area contributed by atoms with Crippen molar-refractivity contribution in [1.82, 2.24) is 4.90 Å². The highest BCUT2D eigenvalue weighted by atomic mass is 16.5. The maximum Gasteiger partial charge on any atom is 0.305 e. The Morgan fingerprint density at radius 3 is 2.78 bits per heavy atom. The minimum atomic E-state index is -0.395. The molecule has 0 aromatic heterocycles. The SMILES string of the molecule is CCOC(=O)CCCCCCN1C(=O)CC[C@@H]1CC[C@@H](O)Cc1cccc(CCOC)c1. The summed E-state index contributed by atoms with van der Waals surface area (Å²) in [6.07, 6.45) is 8.45. The summed E-state index contributed by atoms with van der Waals surface area (Å²) in [6.45, 7) is 3.73. The van der Waals surface area contributed by atoms with Crippen LogP contribution in [-0.4, -0.2) is 60.9 Å². The summed E-state index contributed by atoms with van der Waals surface area (Å²) in [7, 11) is 1.71. The molecule has 1 heterocycles. The van der Waals surface area contributed by atoms with E-state index in [0.29, 0.717) is 38.9 Å². The van der Waals surface area contributed by atoms with Gasteiger partial charge < -0.3 is 19.5 Å². The first-order valence-corrected chi connectivity index (χ1v) is 12.2. The summed E-state index contributed by atoms with van der Waals surface area (Å²) in [4.78, 5) is 25.7. The standard InChI is InChI=1S/C26H41NO5/c1-3-32-26(30)11-6-4-5-7-17-27-23(13-15-25(27)29)12-14-24(28)20-22-10-8-9-21(19-22)16-18-31-2/h8-10,19,23-24,28H,3-7,11-18,20H2,1-2H3/t23-,24+/m0/s1. The predicted octanol–water partition coefficient (Wildman–Crippen LogP) is 4.06.